The van der Waals surface area contributed by atoms with Gasteiger partial charge < -0.3 is 16.4 Å². The smallest absolute Gasteiger partial charge is 0.244 e. The van der Waals surface area contributed by atoms with Crippen molar-refractivity contribution in [2.45, 2.75) is 51.1 Å². The van der Waals surface area contributed by atoms with Crippen LogP contribution >= 0.6 is 0 Å². The van der Waals surface area contributed by atoms with Crippen molar-refractivity contribution in [3.05, 3.63) is 29.8 Å². The molecule has 0 radical (unpaired) electrons. The second-order valence-corrected chi connectivity index (χ2v) is 5.65. The highest BCUT2D eigenvalue weighted by atomic mass is 16.2. The van der Waals surface area contributed by atoms with Crippen LogP contribution in [0.3, 0.4) is 0 Å². The number of nitrogens with one attached hydrogen (secondary N) is 2. The molecule has 0 spiro atoms. The van der Waals surface area contributed by atoms with Gasteiger partial charge in [0.15, 0.2) is 0 Å². The molecule has 0 bridgehead atoms. The summed E-state index contributed by atoms with van der Waals surface area (Å²) in [6.07, 6.45) is 4.85. The van der Waals surface area contributed by atoms with Crippen molar-refractivity contribution in [3.63, 3.8) is 0 Å². The zero-order chi connectivity index (χ0) is 14.4. The summed E-state index contributed by atoms with van der Waals surface area (Å²) in [7, 11) is 0. The van der Waals surface area contributed by atoms with Gasteiger partial charge in [0.1, 0.15) is 0 Å². The molecule has 20 heavy (non-hydrogen) atoms. The maximum Gasteiger partial charge on any atom is 0.244 e. The number of hydrogen-bond acceptors (Lipinski definition) is 3. The first kappa shape index (κ1) is 15.0. The number of nitrogens with two attached hydrogens (primary N) is 1. The fraction of sp³-hybridized carbons (Fsp3) is 0.562. The van der Waals surface area contributed by atoms with E-state index in [1.165, 1.54) is 12.0 Å². The fourth-order valence-electron chi connectivity index (χ4n) is 2.69. The van der Waals surface area contributed by atoms with Gasteiger partial charge in [0.05, 0.1) is 5.54 Å². The number of carbonyl (C=O) groups excluding carboxylic acids is 1. The highest BCUT2D eigenvalue weighted by molar-refractivity contribution is 5.98. The van der Waals surface area contributed by atoms with Crippen molar-refractivity contribution in [2.24, 2.45) is 5.73 Å². The lowest BCUT2D eigenvalue weighted by Crippen LogP contribution is -2.52. The molecule has 1 aliphatic rings. The quantitative estimate of drug-likeness (QED) is 0.773. The van der Waals surface area contributed by atoms with Gasteiger partial charge in [-0.1, -0.05) is 38.3 Å². The van der Waals surface area contributed by atoms with Gasteiger partial charge in [-0.3, -0.25) is 4.79 Å². The van der Waals surface area contributed by atoms with Crippen molar-refractivity contribution < 1.29 is 4.79 Å². The minimum Gasteiger partial charge on any atom is -0.324 e. The van der Waals surface area contributed by atoms with Crippen LogP contribution in [0.2, 0.25) is 0 Å². The average Bonchev–Trinajstić information content (AvgIpc) is 2.46. The van der Waals surface area contributed by atoms with Crippen LogP contribution in [0.15, 0.2) is 24.3 Å². The number of anilines is 1. The Labute approximate surface area is 121 Å². The van der Waals surface area contributed by atoms with Crippen LogP contribution in [0.1, 0.15) is 44.6 Å². The van der Waals surface area contributed by atoms with Crippen LogP contribution in [0.5, 0.6) is 0 Å². The second-order valence-electron chi connectivity index (χ2n) is 5.65. The van der Waals surface area contributed by atoms with Crippen LogP contribution in [0, 0.1) is 0 Å². The summed E-state index contributed by atoms with van der Waals surface area (Å²) in [5, 5.41) is 6.26. The Bertz CT molecular complexity index is 453. The molecular weight excluding hydrogens is 250 g/mol. The molecule has 2 rings (SSSR count). The molecule has 4 nitrogen and oxygen atoms in total. The summed E-state index contributed by atoms with van der Waals surface area (Å²) in [5.41, 5.74) is 7.56. The molecule has 0 atom stereocenters. The average molecular weight is 275 g/mol. The molecule has 0 unspecified atom stereocenters. The van der Waals surface area contributed by atoms with Crippen molar-refractivity contribution in [2.75, 3.05) is 11.9 Å². The third-order valence-electron chi connectivity index (χ3n) is 3.96. The third-order valence-corrected chi connectivity index (χ3v) is 3.96. The predicted octanol–water partition coefficient (Wildman–Crippen LogP) is 2.40. The van der Waals surface area contributed by atoms with E-state index in [2.05, 4.69) is 23.6 Å². The Morgan fingerprint density at radius 3 is 2.75 bits per heavy atom. The van der Waals surface area contributed by atoms with Gasteiger partial charge in [-0.25, -0.2) is 0 Å². The van der Waals surface area contributed by atoms with E-state index in [0.29, 0.717) is 0 Å². The lowest BCUT2D eigenvalue weighted by Gasteiger charge is -2.31. The number of hydrogen-bond donors (Lipinski definition) is 3. The first-order valence-corrected chi connectivity index (χ1v) is 7.54. The molecular formula is C16H25N3O. The molecule has 1 aliphatic carbocycles. The number of benzene rings is 1. The predicted molar refractivity (Wildman–Crippen MR) is 82.5 cm³/mol. The van der Waals surface area contributed by atoms with Crippen molar-refractivity contribution >= 4 is 11.6 Å². The Balaban J connectivity index is 2.00. The van der Waals surface area contributed by atoms with E-state index in [9.17, 15) is 4.79 Å². The van der Waals surface area contributed by atoms with E-state index in [1.54, 1.807) is 0 Å². The van der Waals surface area contributed by atoms with Gasteiger partial charge >= 0.3 is 0 Å². The van der Waals surface area contributed by atoms with E-state index in [-0.39, 0.29) is 5.91 Å². The summed E-state index contributed by atoms with van der Waals surface area (Å²) in [6.45, 7) is 3.82. The highest BCUT2D eigenvalue weighted by Crippen LogP contribution is 2.27. The van der Waals surface area contributed by atoms with Gasteiger partial charge in [-0.05, 0) is 37.1 Å². The van der Waals surface area contributed by atoms with Gasteiger partial charge in [0.2, 0.25) is 5.91 Å². The molecule has 110 valence electrons. The lowest BCUT2D eigenvalue weighted by molar-refractivity contribution is -0.122. The second kappa shape index (κ2) is 6.86. The van der Waals surface area contributed by atoms with Crippen molar-refractivity contribution in [1.29, 1.82) is 0 Å². The zero-order valence-electron chi connectivity index (χ0n) is 12.2. The van der Waals surface area contributed by atoms with E-state index in [1.807, 2.05) is 18.2 Å². The lowest BCUT2D eigenvalue weighted by atomic mass is 9.82. The Morgan fingerprint density at radius 2 is 2.05 bits per heavy atom. The molecule has 4 heteroatoms. The van der Waals surface area contributed by atoms with Crippen LogP contribution < -0.4 is 16.4 Å². The Kier molecular flexibility index (Phi) is 5.15. The summed E-state index contributed by atoms with van der Waals surface area (Å²) in [5.74, 6) is -0.0437. The standard InChI is InChI=1S/C16H25N3O/c1-2-18-12-13-7-6-8-14(11-13)19-15(20)16(17)9-4-3-5-10-16/h6-8,11,18H,2-5,9-10,12,17H2,1H3,(H,19,20). The Hall–Kier alpha value is -1.39. The minimum atomic E-state index is -0.685. The van der Waals surface area contributed by atoms with Crippen LogP contribution in [-0.4, -0.2) is 18.0 Å². The van der Waals surface area contributed by atoms with Crippen LogP contribution in [-0.2, 0) is 11.3 Å². The van der Waals surface area contributed by atoms with E-state index in [4.69, 9.17) is 5.73 Å². The van der Waals surface area contributed by atoms with E-state index >= 15 is 0 Å². The summed E-state index contributed by atoms with van der Waals surface area (Å²) in [6, 6.07) is 7.94. The normalized spacial score (nSPS) is 17.7. The van der Waals surface area contributed by atoms with Crippen molar-refractivity contribution in [1.82, 2.24) is 5.32 Å². The van der Waals surface area contributed by atoms with Crippen molar-refractivity contribution in [3.8, 4) is 0 Å². The fourth-order valence-corrected chi connectivity index (χ4v) is 2.69. The zero-order valence-corrected chi connectivity index (χ0v) is 12.2. The molecule has 1 fully saturated rings. The molecule has 4 N–H and O–H groups in total. The van der Waals surface area contributed by atoms with Gasteiger partial charge in [-0.15, -0.1) is 0 Å². The highest BCUT2D eigenvalue weighted by Gasteiger charge is 2.35. The molecule has 1 amide bonds. The van der Waals surface area contributed by atoms with E-state index < -0.39 is 5.54 Å². The molecule has 0 saturated heterocycles. The van der Waals surface area contributed by atoms with Crippen LogP contribution in [0.25, 0.3) is 0 Å². The number of amides is 1. The molecule has 0 heterocycles. The minimum absolute atomic E-state index is 0.0437. The number of rotatable bonds is 5. The van der Waals surface area contributed by atoms with Gasteiger partial charge in [-0.2, -0.15) is 0 Å². The van der Waals surface area contributed by atoms with Gasteiger partial charge in [0, 0.05) is 12.2 Å². The van der Waals surface area contributed by atoms with Gasteiger partial charge in [0.25, 0.3) is 0 Å². The van der Waals surface area contributed by atoms with E-state index in [0.717, 1.165) is 44.5 Å². The number of carbonyl (C=O) groups is 1. The largest absolute Gasteiger partial charge is 0.324 e. The maximum atomic E-state index is 12.4. The molecule has 1 saturated carbocycles. The SMILES string of the molecule is CCNCc1cccc(NC(=O)C2(N)CCCCC2)c1. The molecule has 1 aromatic carbocycles. The third kappa shape index (κ3) is 3.81. The molecule has 0 aliphatic heterocycles. The Morgan fingerprint density at radius 1 is 1.30 bits per heavy atom. The molecule has 0 aromatic heterocycles. The maximum absolute atomic E-state index is 12.4. The first-order valence-electron chi connectivity index (χ1n) is 7.54. The monoisotopic (exact) mass is 275 g/mol. The van der Waals surface area contributed by atoms with Crippen LogP contribution in [0.4, 0.5) is 5.69 Å². The summed E-state index contributed by atoms with van der Waals surface area (Å²) in [4.78, 5) is 12.4. The molecule has 1 aromatic rings. The summed E-state index contributed by atoms with van der Waals surface area (Å²) >= 11 is 0. The first-order chi connectivity index (χ1) is 9.64. The topological polar surface area (TPSA) is 67.1 Å². The summed E-state index contributed by atoms with van der Waals surface area (Å²) < 4.78 is 0.